The molecule has 0 spiro atoms. The number of amides is 1. The van der Waals surface area contributed by atoms with Crippen molar-refractivity contribution < 1.29 is 9.32 Å². The monoisotopic (exact) mass is 263 g/mol. The number of rotatable bonds is 5. The van der Waals surface area contributed by atoms with Gasteiger partial charge in [0.15, 0.2) is 5.82 Å². The number of nitrogens with two attached hydrogens (primary N) is 1. The average Bonchev–Trinajstić information content (AvgIpc) is 2.87. The van der Waals surface area contributed by atoms with Gasteiger partial charge in [0, 0.05) is 30.9 Å². The van der Waals surface area contributed by atoms with Crippen molar-refractivity contribution in [3.8, 4) is 0 Å². The molecule has 0 aliphatic heterocycles. The summed E-state index contributed by atoms with van der Waals surface area (Å²) in [6.07, 6.45) is 3.12. The van der Waals surface area contributed by atoms with Crippen molar-refractivity contribution in [1.82, 2.24) is 20.0 Å². The minimum atomic E-state index is -0.281. The minimum Gasteiger partial charge on any atom is -0.398 e. The van der Waals surface area contributed by atoms with E-state index in [2.05, 4.69) is 20.0 Å². The summed E-state index contributed by atoms with van der Waals surface area (Å²) in [4.78, 5) is 26.9. The lowest BCUT2D eigenvalue weighted by Crippen LogP contribution is -2.33. The smallest absolute Gasteiger partial charge is 0.251 e. The van der Waals surface area contributed by atoms with Gasteiger partial charge in [-0.25, -0.2) is 0 Å². The largest absolute Gasteiger partial charge is 0.398 e. The standard InChI is InChI=1S/C11H13N5O3/c12-8-1-2-11(18)16(5-8)6-10(17)13-4-3-9-14-7-19-15-9/h1-2,5,7H,3-4,6,12H2,(H,13,17). The van der Waals surface area contributed by atoms with Gasteiger partial charge in [0.2, 0.25) is 12.3 Å². The molecule has 0 saturated carbocycles. The summed E-state index contributed by atoms with van der Waals surface area (Å²) in [5.74, 6) is 0.234. The van der Waals surface area contributed by atoms with Gasteiger partial charge in [-0.2, -0.15) is 4.98 Å². The van der Waals surface area contributed by atoms with Crippen LogP contribution in [0.2, 0.25) is 0 Å². The molecule has 2 aromatic heterocycles. The topological polar surface area (TPSA) is 116 Å². The highest BCUT2D eigenvalue weighted by atomic mass is 16.5. The maximum atomic E-state index is 11.6. The molecule has 8 heteroatoms. The molecular formula is C11H13N5O3. The molecule has 0 bridgehead atoms. The van der Waals surface area contributed by atoms with Crippen molar-refractivity contribution in [2.45, 2.75) is 13.0 Å². The molecule has 3 N–H and O–H groups in total. The van der Waals surface area contributed by atoms with Crippen LogP contribution in [0.15, 0.2) is 34.0 Å². The number of aromatic nitrogens is 3. The fourth-order valence-corrected chi connectivity index (χ4v) is 1.50. The lowest BCUT2D eigenvalue weighted by molar-refractivity contribution is -0.121. The van der Waals surface area contributed by atoms with Gasteiger partial charge in [-0.3, -0.25) is 9.59 Å². The Labute approximate surface area is 108 Å². The third-order valence-electron chi connectivity index (χ3n) is 2.40. The lowest BCUT2D eigenvalue weighted by Gasteiger charge is -2.06. The minimum absolute atomic E-state index is 0.0733. The highest BCUT2D eigenvalue weighted by molar-refractivity contribution is 5.75. The Balaban J connectivity index is 1.84. The Bertz CT molecular complexity index is 605. The van der Waals surface area contributed by atoms with E-state index in [4.69, 9.17) is 5.73 Å². The molecule has 1 amide bonds. The fourth-order valence-electron chi connectivity index (χ4n) is 1.50. The van der Waals surface area contributed by atoms with Gasteiger partial charge in [-0.1, -0.05) is 5.16 Å². The van der Waals surface area contributed by atoms with E-state index in [0.29, 0.717) is 24.5 Å². The van der Waals surface area contributed by atoms with Crippen molar-refractivity contribution in [3.05, 3.63) is 40.9 Å². The van der Waals surface area contributed by atoms with E-state index in [9.17, 15) is 9.59 Å². The third kappa shape index (κ3) is 3.66. The second kappa shape index (κ2) is 5.80. The predicted octanol–water partition coefficient (Wildman–Crippen LogP) is -0.828. The summed E-state index contributed by atoms with van der Waals surface area (Å²) in [6.45, 7) is 0.297. The molecule has 2 heterocycles. The van der Waals surface area contributed by atoms with E-state index in [-0.39, 0.29) is 18.0 Å². The van der Waals surface area contributed by atoms with E-state index in [1.54, 1.807) is 0 Å². The van der Waals surface area contributed by atoms with Crippen LogP contribution in [-0.4, -0.2) is 27.2 Å². The first kappa shape index (κ1) is 12.8. The highest BCUT2D eigenvalue weighted by Gasteiger charge is 2.05. The number of pyridine rings is 1. The zero-order chi connectivity index (χ0) is 13.7. The van der Waals surface area contributed by atoms with E-state index in [0.717, 1.165) is 0 Å². The maximum Gasteiger partial charge on any atom is 0.251 e. The summed E-state index contributed by atoms with van der Waals surface area (Å²) in [5.41, 5.74) is 5.70. The third-order valence-corrected chi connectivity index (χ3v) is 2.40. The second-order valence-corrected chi connectivity index (χ2v) is 3.88. The van der Waals surface area contributed by atoms with Crippen molar-refractivity contribution >= 4 is 11.6 Å². The molecule has 19 heavy (non-hydrogen) atoms. The maximum absolute atomic E-state index is 11.6. The molecule has 100 valence electrons. The molecule has 0 aromatic carbocycles. The Morgan fingerprint density at radius 3 is 3.05 bits per heavy atom. The van der Waals surface area contributed by atoms with E-state index in [1.165, 1.54) is 29.3 Å². The number of nitrogen functional groups attached to an aromatic ring is 1. The molecule has 0 radical (unpaired) electrons. The number of nitrogens with zero attached hydrogens (tertiary/aromatic N) is 3. The molecule has 0 saturated heterocycles. The molecule has 0 fully saturated rings. The van der Waals surface area contributed by atoms with Gasteiger partial charge in [0.1, 0.15) is 6.54 Å². The summed E-state index contributed by atoms with van der Waals surface area (Å²) in [7, 11) is 0. The first-order chi connectivity index (χ1) is 9.15. The number of hydrogen-bond acceptors (Lipinski definition) is 6. The first-order valence-corrected chi connectivity index (χ1v) is 5.63. The lowest BCUT2D eigenvalue weighted by atomic mass is 10.4. The predicted molar refractivity (Wildman–Crippen MR) is 66.1 cm³/mol. The highest BCUT2D eigenvalue weighted by Crippen LogP contribution is 1.95. The van der Waals surface area contributed by atoms with Crippen molar-refractivity contribution in [2.75, 3.05) is 12.3 Å². The molecular weight excluding hydrogens is 250 g/mol. The second-order valence-electron chi connectivity index (χ2n) is 3.88. The fraction of sp³-hybridized carbons (Fsp3) is 0.273. The SMILES string of the molecule is Nc1ccc(=O)n(CC(=O)NCCc2ncon2)c1. The molecule has 2 rings (SSSR count). The molecule has 0 aliphatic carbocycles. The van der Waals surface area contributed by atoms with Crippen LogP contribution in [0.25, 0.3) is 0 Å². The van der Waals surface area contributed by atoms with Crippen LogP contribution >= 0.6 is 0 Å². The summed E-state index contributed by atoms with van der Waals surface area (Å²) in [6, 6.07) is 2.81. The molecule has 8 nitrogen and oxygen atoms in total. The van der Waals surface area contributed by atoms with Crippen molar-refractivity contribution in [3.63, 3.8) is 0 Å². The van der Waals surface area contributed by atoms with Gasteiger partial charge in [-0.15, -0.1) is 0 Å². The van der Waals surface area contributed by atoms with Crippen LogP contribution in [0.5, 0.6) is 0 Å². The van der Waals surface area contributed by atoms with Crippen molar-refractivity contribution in [2.24, 2.45) is 0 Å². The molecule has 2 aromatic rings. The zero-order valence-corrected chi connectivity index (χ0v) is 10.1. The Morgan fingerprint density at radius 2 is 2.32 bits per heavy atom. The van der Waals surface area contributed by atoms with E-state index < -0.39 is 0 Å². The van der Waals surface area contributed by atoms with Gasteiger partial charge < -0.3 is 20.1 Å². The number of carbonyl (C=O) groups is 1. The van der Waals surface area contributed by atoms with E-state index >= 15 is 0 Å². The molecule has 0 atom stereocenters. The Hall–Kier alpha value is -2.64. The first-order valence-electron chi connectivity index (χ1n) is 5.63. The quantitative estimate of drug-likeness (QED) is 0.727. The van der Waals surface area contributed by atoms with Gasteiger partial charge in [-0.05, 0) is 6.07 Å². The number of anilines is 1. The van der Waals surface area contributed by atoms with Crippen LogP contribution in [0, 0.1) is 0 Å². The summed E-state index contributed by atoms with van der Waals surface area (Å²) < 4.78 is 5.81. The summed E-state index contributed by atoms with van der Waals surface area (Å²) >= 11 is 0. The number of hydrogen-bond donors (Lipinski definition) is 2. The van der Waals surface area contributed by atoms with Crippen LogP contribution < -0.4 is 16.6 Å². The van der Waals surface area contributed by atoms with Gasteiger partial charge in [0.25, 0.3) is 5.56 Å². The van der Waals surface area contributed by atoms with Gasteiger partial charge in [0.05, 0.1) is 0 Å². The molecule has 0 unspecified atom stereocenters. The normalized spacial score (nSPS) is 10.3. The number of nitrogens with one attached hydrogen (secondary N) is 1. The van der Waals surface area contributed by atoms with Crippen molar-refractivity contribution in [1.29, 1.82) is 0 Å². The summed E-state index contributed by atoms with van der Waals surface area (Å²) in [5, 5.41) is 6.27. The number of carbonyl (C=O) groups excluding carboxylic acids is 1. The zero-order valence-electron chi connectivity index (χ0n) is 10.1. The molecule has 0 aliphatic rings. The Kier molecular flexibility index (Phi) is 3.91. The average molecular weight is 263 g/mol. The van der Waals surface area contributed by atoms with Gasteiger partial charge >= 0.3 is 0 Å². The van der Waals surface area contributed by atoms with Crippen LogP contribution in [0.3, 0.4) is 0 Å². The van der Waals surface area contributed by atoms with Crippen LogP contribution in [0.1, 0.15) is 5.82 Å². The van der Waals surface area contributed by atoms with E-state index in [1.807, 2.05) is 0 Å². The van der Waals surface area contributed by atoms with Crippen LogP contribution in [0.4, 0.5) is 5.69 Å². The van der Waals surface area contributed by atoms with Crippen LogP contribution in [-0.2, 0) is 17.8 Å². The Morgan fingerprint density at radius 1 is 1.47 bits per heavy atom.